The van der Waals surface area contributed by atoms with Crippen LogP contribution in [0.2, 0.25) is 0 Å². The lowest BCUT2D eigenvalue weighted by Crippen LogP contribution is -2.21. The van der Waals surface area contributed by atoms with Gasteiger partial charge in [-0.25, -0.2) is 0 Å². The number of halogens is 3. The summed E-state index contributed by atoms with van der Waals surface area (Å²) in [5, 5.41) is 0. The second-order valence-corrected chi connectivity index (χ2v) is 4.19. The van der Waals surface area contributed by atoms with E-state index in [1.54, 1.807) is 32.0 Å². The first-order chi connectivity index (χ1) is 8.79. The molecule has 0 N–H and O–H groups in total. The Morgan fingerprint density at radius 2 is 1.89 bits per heavy atom. The van der Waals surface area contributed by atoms with Crippen molar-refractivity contribution >= 4 is 5.78 Å². The van der Waals surface area contributed by atoms with Crippen molar-refractivity contribution in [3.8, 4) is 5.75 Å². The molecule has 19 heavy (non-hydrogen) atoms. The molecule has 3 nitrogen and oxygen atoms in total. The molecule has 1 aromatic rings. The van der Waals surface area contributed by atoms with Gasteiger partial charge in [0.2, 0.25) is 0 Å². The predicted molar refractivity (Wildman–Crippen MR) is 63.4 cm³/mol. The van der Waals surface area contributed by atoms with Gasteiger partial charge in [-0.1, -0.05) is 12.1 Å². The average Bonchev–Trinajstić information content (AvgIpc) is 2.27. The standard InChI is InChI=1S/C13H15F3O3/c1-9(2)19-12-6-4-3-5-10(12)11(17)7-18-8-13(14,15)16/h3-6,9H,7-8H2,1-2H3. The van der Waals surface area contributed by atoms with Crippen LogP contribution < -0.4 is 4.74 Å². The summed E-state index contributed by atoms with van der Waals surface area (Å²) in [6, 6.07) is 6.39. The van der Waals surface area contributed by atoms with Gasteiger partial charge in [0.15, 0.2) is 5.78 Å². The third kappa shape index (κ3) is 5.74. The smallest absolute Gasteiger partial charge is 0.411 e. The highest BCUT2D eigenvalue weighted by Crippen LogP contribution is 2.20. The number of benzene rings is 1. The number of hydrogen-bond acceptors (Lipinski definition) is 3. The van der Waals surface area contributed by atoms with Gasteiger partial charge >= 0.3 is 6.18 Å². The van der Waals surface area contributed by atoms with E-state index in [0.717, 1.165) is 0 Å². The maximum Gasteiger partial charge on any atom is 0.411 e. The van der Waals surface area contributed by atoms with Gasteiger partial charge in [0.1, 0.15) is 19.0 Å². The molecule has 0 aliphatic heterocycles. The first kappa shape index (κ1) is 15.5. The lowest BCUT2D eigenvalue weighted by Gasteiger charge is -2.13. The van der Waals surface area contributed by atoms with Crippen molar-refractivity contribution in [2.45, 2.75) is 26.1 Å². The van der Waals surface area contributed by atoms with E-state index in [-0.39, 0.29) is 11.7 Å². The van der Waals surface area contributed by atoms with Crippen LogP contribution in [0.1, 0.15) is 24.2 Å². The molecule has 6 heteroatoms. The van der Waals surface area contributed by atoms with Gasteiger partial charge < -0.3 is 9.47 Å². The molecular weight excluding hydrogens is 261 g/mol. The molecular formula is C13H15F3O3. The molecule has 1 aromatic carbocycles. The van der Waals surface area contributed by atoms with Crippen molar-refractivity contribution in [1.29, 1.82) is 0 Å². The van der Waals surface area contributed by atoms with Crippen molar-refractivity contribution < 1.29 is 27.4 Å². The van der Waals surface area contributed by atoms with Crippen molar-refractivity contribution in [2.75, 3.05) is 13.2 Å². The van der Waals surface area contributed by atoms with E-state index in [1.807, 2.05) is 0 Å². The van der Waals surface area contributed by atoms with Crippen molar-refractivity contribution in [3.05, 3.63) is 29.8 Å². The lowest BCUT2D eigenvalue weighted by atomic mass is 10.1. The molecule has 0 radical (unpaired) electrons. The molecule has 1 rings (SSSR count). The Hall–Kier alpha value is -1.56. The van der Waals surface area contributed by atoms with Crippen LogP contribution in [0, 0.1) is 0 Å². The molecule has 0 atom stereocenters. The molecule has 0 aliphatic carbocycles. The van der Waals surface area contributed by atoms with Gasteiger partial charge in [-0.2, -0.15) is 13.2 Å². The monoisotopic (exact) mass is 276 g/mol. The molecule has 0 bridgehead atoms. The van der Waals surface area contributed by atoms with Crippen molar-refractivity contribution in [1.82, 2.24) is 0 Å². The summed E-state index contributed by atoms with van der Waals surface area (Å²) in [4.78, 5) is 11.8. The Balaban J connectivity index is 2.66. The van der Waals surface area contributed by atoms with E-state index in [2.05, 4.69) is 4.74 Å². The van der Waals surface area contributed by atoms with Crippen LogP contribution in [0.25, 0.3) is 0 Å². The van der Waals surface area contributed by atoms with Crippen molar-refractivity contribution in [3.63, 3.8) is 0 Å². The van der Waals surface area contributed by atoms with Gasteiger partial charge in [-0.3, -0.25) is 4.79 Å². The van der Waals surface area contributed by atoms with Crippen LogP contribution in [0.3, 0.4) is 0 Å². The van der Waals surface area contributed by atoms with E-state index in [0.29, 0.717) is 5.75 Å². The molecule has 0 saturated heterocycles. The van der Waals surface area contributed by atoms with E-state index < -0.39 is 25.2 Å². The third-order valence-corrected chi connectivity index (χ3v) is 2.05. The second kappa shape index (κ2) is 6.56. The Kier molecular flexibility index (Phi) is 5.35. The summed E-state index contributed by atoms with van der Waals surface area (Å²) in [5.41, 5.74) is 0.221. The number of para-hydroxylation sites is 1. The minimum Gasteiger partial charge on any atom is -0.490 e. The highest BCUT2D eigenvalue weighted by molar-refractivity contribution is 5.99. The fourth-order valence-corrected chi connectivity index (χ4v) is 1.39. The predicted octanol–water partition coefficient (Wildman–Crippen LogP) is 3.24. The highest BCUT2D eigenvalue weighted by atomic mass is 19.4. The number of carbonyl (C=O) groups excluding carboxylic acids is 1. The number of ether oxygens (including phenoxy) is 2. The zero-order valence-corrected chi connectivity index (χ0v) is 10.7. The minimum atomic E-state index is -4.44. The number of ketones is 1. The first-order valence-corrected chi connectivity index (χ1v) is 5.73. The van der Waals surface area contributed by atoms with Gasteiger partial charge in [-0.15, -0.1) is 0 Å². The fourth-order valence-electron chi connectivity index (χ4n) is 1.39. The SMILES string of the molecule is CC(C)Oc1ccccc1C(=O)COCC(F)(F)F. The second-order valence-electron chi connectivity index (χ2n) is 4.19. The quantitative estimate of drug-likeness (QED) is 0.748. The minimum absolute atomic E-state index is 0.134. The number of Topliss-reactive ketones (excluding diaryl/α,β-unsaturated/α-hetero) is 1. The van der Waals surface area contributed by atoms with Gasteiger partial charge in [0, 0.05) is 0 Å². The average molecular weight is 276 g/mol. The third-order valence-electron chi connectivity index (χ3n) is 2.05. The summed E-state index contributed by atoms with van der Waals surface area (Å²) in [7, 11) is 0. The van der Waals surface area contributed by atoms with Crippen LogP contribution in [0.15, 0.2) is 24.3 Å². The van der Waals surface area contributed by atoms with Crippen LogP contribution in [0.4, 0.5) is 13.2 Å². The van der Waals surface area contributed by atoms with E-state index in [1.165, 1.54) is 6.07 Å². The van der Waals surface area contributed by atoms with Crippen LogP contribution in [-0.2, 0) is 4.74 Å². The number of carbonyl (C=O) groups is 1. The molecule has 0 saturated carbocycles. The van der Waals surface area contributed by atoms with Crippen LogP contribution in [-0.4, -0.2) is 31.3 Å². The molecule has 0 aliphatic rings. The first-order valence-electron chi connectivity index (χ1n) is 5.73. The topological polar surface area (TPSA) is 35.5 Å². The summed E-state index contributed by atoms with van der Waals surface area (Å²) < 4.78 is 45.5. The molecule has 0 amide bonds. The largest absolute Gasteiger partial charge is 0.490 e. The van der Waals surface area contributed by atoms with Gasteiger partial charge in [0.05, 0.1) is 11.7 Å². The highest BCUT2D eigenvalue weighted by Gasteiger charge is 2.28. The Bertz CT molecular complexity index is 427. The molecule has 0 aromatic heterocycles. The Morgan fingerprint density at radius 1 is 1.26 bits per heavy atom. The number of alkyl halides is 3. The van der Waals surface area contributed by atoms with E-state index in [4.69, 9.17) is 4.74 Å². The molecule has 0 fully saturated rings. The zero-order chi connectivity index (χ0) is 14.5. The van der Waals surface area contributed by atoms with Crippen molar-refractivity contribution in [2.24, 2.45) is 0 Å². The Labute approximate surface area is 109 Å². The molecule has 106 valence electrons. The maximum absolute atomic E-state index is 11.9. The normalized spacial score (nSPS) is 11.7. The van der Waals surface area contributed by atoms with Crippen LogP contribution in [0.5, 0.6) is 5.75 Å². The van der Waals surface area contributed by atoms with Gasteiger partial charge in [-0.05, 0) is 26.0 Å². The van der Waals surface area contributed by atoms with Crippen LogP contribution >= 0.6 is 0 Å². The summed E-state index contributed by atoms with van der Waals surface area (Å²) in [5.74, 6) is -0.196. The number of hydrogen-bond donors (Lipinski definition) is 0. The molecule has 0 heterocycles. The fraction of sp³-hybridized carbons (Fsp3) is 0.462. The maximum atomic E-state index is 11.9. The summed E-state index contributed by atoms with van der Waals surface area (Å²) in [6.07, 6.45) is -4.57. The van der Waals surface area contributed by atoms with E-state index in [9.17, 15) is 18.0 Å². The van der Waals surface area contributed by atoms with Gasteiger partial charge in [0.25, 0.3) is 0 Å². The van der Waals surface area contributed by atoms with E-state index >= 15 is 0 Å². The molecule has 0 spiro atoms. The summed E-state index contributed by atoms with van der Waals surface area (Å²) in [6.45, 7) is 1.52. The zero-order valence-electron chi connectivity index (χ0n) is 10.7. The lowest BCUT2D eigenvalue weighted by molar-refractivity contribution is -0.170. The molecule has 0 unspecified atom stereocenters. The summed E-state index contributed by atoms with van der Waals surface area (Å²) >= 11 is 0. The Morgan fingerprint density at radius 3 is 2.47 bits per heavy atom. The number of rotatable bonds is 6.